The molecule has 10 nitrogen and oxygen atoms in total. The van der Waals surface area contributed by atoms with E-state index in [-0.39, 0.29) is 13.0 Å². The lowest BCUT2D eigenvalue weighted by Crippen LogP contribution is -2.46. The van der Waals surface area contributed by atoms with Crippen LogP contribution in [0.2, 0.25) is 0 Å². The number of pyridine rings is 1. The number of carbonyl (C=O) groups excluding carboxylic acids is 3. The summed E-state index contributed by atoms with van der Waals surface area (Å²) in [5.74, 6) is -2.89. The number of ether oxygens (including phenoxy) is 2. The van der Waals surface area contributed by atoms with Crippen LogP contribution in [0.25, 0.3) is 0 Å². The Morgan fingerprint density at radius 2 is 1.85 bits per heavy atom. The zero-order valence-corrected chi connectivity index (χ0v) is 18.5. The van der Waals surface area contributed by atoms with E-state index in [1.54, 1.807) is 20.8 Å². The summed E-state index contributed by atoms with van der Waals surface area (Å²) in [6, 6.07) is 0.510. The monoisotopic (exact) mass is 476 g/mol. The number of amides is 3. The minimum absolute atomic E-state index is 0.101. The summed E-state index contributed by atoms with van der Waals surface area (Å²) in [6.45, 7) is 4.54. The number of fused-ring (bicyclic) bond motifs is 2. The quantitative estimate of drug-likeness (QED) is 0.489. The third kappa shape index (κ3) is 8.08. The molecule has 2 heterocycles. The highest BCUT2D eigenvalue weighted by Gasteiger charge is 2.38. The van der Waals surface area contributed by atoms with Crippen molar-refractivity contribution in [3.63, 3.8) is 0 Å². The summed E-state index contributed by atoms with van der Waals surface area (Å²) in [4.78, 5) is 40.4. The first-order chi connectivity index (χ1) is 15.3. The number of halogens is 3. The van der Waals surface area contributed by atoms with E-state index in [0.29, 0.717) is 31.7 Å². The van der Waals surface area contributed by atoms with Crippen molar-refractivity contribution in [3.05, 3.63) is 17.3 Å². The Labute approximate surface area is 188 Å². The lowest BCUT2D eigenvalue weighted by atomic mass is 10.1. The van der Waals surface area contributed by atoms with Gasteiger partial charge in [0, 0.05) is 0 Å². The summed E-state index contributed by atoms with van der Waals surface area (Å²) >= 11 is 0. The van der Waals surface area contributed by atoms with Crippen LogP contribution < -0.4 is 20.9 Å². The highest BCUT2D eigenvalue weighted by molar-refractivity contribution is 6.02. The zero-order valence-electron chi connectivity index (χ0n) is 18.5. The Kier molecular flexibility index (Phi) is 8.47. The minimum Gasteiger partial charge on any atom is -0.477 e. The fraction of sp³-hybridized carbons (Fsp3) is 0.600. The second kappa shape index (κ2) is 10.7. The highest BCUT2D eigenvalue weighted by Crippen LogP contribution is 2.38. The molecule has 1 unspecified atom stereocenters. The van der Waals surface area contributed by atoms with Gasteiger partial charge in [0.25, 0.3) is 11.8 Å². The average molecular weight is 476 g/mol. The maximum atomic E-state index is 13.7. The van der Waals surface area contributed by atoms with Crippen molar-refractivity contribution in [1.82, 2.24) is 15.8 Å². The van der Waals surface area contributed by atoms with E-state index in [1.807, 2.05) is 10.9 Å². The number of rotatable bonds is 1. The van der Waals surface area contributed by atoms with Gasteiger partial charge in [-0.25, -0.2) is 9.78 Å². The molecule has 13 heteroatoms. The first-order valence-corrected chi connectivity index (χ1v) is 10.3. The number of aliphatic hydroxyl groups excluding tert-OH is 1. The molecule has 2 bridgehead atoms. The fourth-order valence-electron chi connectivity index (χ4n) is 2.85. The zero-order chi connectivity index (χ0) is 24.8. The first kappa shape index (κ1) is 26.2. The summed E-state index contributed by atoms with van der Waals surface area (Å²) in [7, 11) is 0. The Hall–Kier alpha value is -3.09. The van der Waals surface area contributed by atoms with Gasteiger partial charge in [-0.1, -0.05) is 19.3 Å². The van der Waals surface area contributed by atoms with Crippen LogP contribution in [0.1, 0.15) is 68.9 Å². The number of nitrogens with one attached hydrogen (secondary N) is 3. The van der Waals surface area contributed by atoms with Gasteiger partial charge in [0.15, 0.2) is 5.69 Å². The molecule has 0 radical (unpaired) electrons. The van der Waals surface area contributed by atoms with Crippen LogP contribution in [-0.4, -0.2) is 46.3 Å². The molecular weight excluding hydrogens is 449 g/mol. The van der Waals surface area contributed by atoms with Crippen molar-refractivity contribution >= 4 is 23.6 Å². The van der Waals surface area contributed by atoms with Crippen LogP contribution in [0.15, 0.2) is 6.07 Å². The van der Waals surface area contributed by atoms with E-state index in [1.165, 1.54) is 0 Å². The van der Waals surface area contributed by atoms with Crippen LogP contribution in [0.5, 0.6) is 5.88 Å². The molecule has 0 saturated heterocycles. The molecule has 0 fully saturated rings. The third-order valence-corrected chi connectivity index (χ3v) is 4.36. The van der Waals surface area contributed by atoms with Crippen molar-refractivity contribution in [1.29, 1.82) is 0 Å². The Morgan fingerprint density at radius 1 is 1.18 bits per heavy atom. The second-order valence-corrected chi connectivity index (χ2v) is 8.37. The van der Waals surface area contributed by atoms with E-state index in [4.69, 9.17) is 9.47 Å². The van der Waals surface area contributed by atoms with E-state index >= 15 is 0 Å². The van der Waals surface area contributed by atoms with Crippen molar-refractivity contribution < 1.29 is 42.1 Å². The predicted octanol–water partition coefficient (Wildman–Crippen LogP) is 2.91. The van der Waals surface area contributed by atoms with Gasteiger partial charge in [-0.2, -0.15) is 13.2 Å². The number of hydrogen-bond donors (Lipinski definition) is 4. The van der Waals surface area contributed by atoms with Crippen LogP contribution >= 0.6 is 0 Å². The molecule has 1 atom stereocenters. The molecule has 184 valence electrons. The number of nitrogens with zero attached hydrogens (tertiary/aromatic N) is 1. The molecule has 0 spiro atoms. The van der Waals surface area contributed by atoms with Gasteiger partial charge in [0.05, 0.1) is 12.3 Å². The third-order valence-electron chi connectivity index (χ3n) is 4.36. The van der Waals surface area contributed by atoms with Gasteiger partial charge < -0.3 is 14.6 Å². The van der Waals surface area contributed by atoms with Crippen molar-refractivity contribution in [2.45, 2.75) is 70.8 Å². The van der Waals surface area contributed by atoms with E-state index in [0.717, 1.165) is 0 Å². The molecule has 2 rings (SSSR count). The van der Waals surface area contributed by atoms with Gasteiger partial charge in [-0.05, 0) is 39.7 Å². The van der Waals surface area contributed by atoms with Crippen LogP contribution in [0.3, 0.4) is 0 Å². The number of hydrogen-bond acceptors (Lipinski definition) is 7. The summed E-state index contributed by atoms with van der Waals surface area (Å²) in [5.41, 5.74) is 0.427. The van der Waals surface area contributed by atoms with Crippen LogP contribution in [0.4, 0.5) is 23.7 Å². The second-order valence-electron chi connectivity index (χ2n) is 8.37. The van der Waals surface area contributed by atoms with Gasteiger partial charge in [-0.3, -0.25) is 25.8 Å². The number of carbonyl (C=O) groups is 3. The van der Waals surface area contributed by atoms with Crippen LogP contribution in [0, 0.1) is 0 Å². The fourth-order valence-corrected chi connectivity index (χ4v) is 2.85. The minimum atomic E-state index is -4.90. The maximum absolute atomic E-state index is 13.7. The molecule has 1 aliphatic rings. The number of aliphatic hydroxyl groups is 1. The van der Waals surface area contributed by atoms with Crippen LogP contribution in [-0.2, 0) is 15.7 Å². The topological polar surface area (TPSA) is 139 Å². The molecule has 0 saturated carbocycles. The molecule has 33 heavy (non-hydrogen) atoms. The summed E-state index contributed by atoms with van der Waals surface area (Å²) in [6.07, 6.45) is -5.19. The van der Waals surface area contributed by atoms with Crippen molar-refractivity contribution in [2.24, 2.45) is 0 Å². The maximum Gasteiger partial charge on any atom is 0.421 e. The molecular formula is C20H27F3N4O6. The normalized spacial score (nSPS) is 18.7. The number of hydrazine groups is 1. The number of aromatic nitrogens is 1. The molecule has 0 aromatic carbocycles. The molecule has 0 aliphatic carbocycles. The van der Waals surface area contributed by atoms with Gasteiger partial charge >= 0.3 is 12.3 Å². The first-order valence-electron chi connectivity index (χ1n) is 10.3. The highest BCUT2D eigenvalue weighted by atomic mass is 19.4. The molecule has 1 aromatic rings. The van der Waals surface area contributed by atoms with Gasteiger partial charge in [0.2, 0.25) is 5.88 Å². The molecule has 1 aromatic heterocycles. The number of alkyl halides is 3. The van der Waals surface area contributed by atoms with Crippen molar-refractivity contribution in [3.8, 4) is 5.88 Å². The largest absolute Gasteiger partial charge is 0.477 e. The molecule has 3 amide bonds. The van der Waals surface area contributed by atoms with Gasteiger partial charge in [-0.15, -0.1) is 0 Å². The van der Waals surface area contributed by atoms with E-state index in [9.17, 15) is 32.7 Å². The standard InChI is InChI=1S/C20H27F3N4O6/c1-19(2,3)33-18(31)24-12-10-11(20(21,22)23)17-25-14(12)16(30)27-26-15(29)13(28)8-6-4-5-7-9-32-17/h10,13,28H,4-9H2,1-3H3,(H,24,31)(H,26,29)(H,27,30). The van der Waals surface area contributed by atoms with E-state index in [2.05, 4.69) is 10.3 Å². The van der Waals surface area contributed by atoms with E-state index < -0.39 is 58.6 Å². The summed E-state index contributed by atoms with van der Waals surface area (Å²) in [5, 5.41) is 12.0. The summed E-state index contributed by atoms with van der Waals surface area (Å²) < 4.78 is 51.2. The Bertz CT molecular complexity index is 886. The molecule has 4 N–H and O–H groups in total. The Balaban J connectivity index is 2.47. The molecule has 1 aliphatic heterocycles. The Morgan fingerprint density at radius 3 is 2.48 bits per heavy atom. The smallest absolute Gasteiger partial charge is 0.421 e. The predicted molar refractivity (Wildman–Crippen MR) is 109 cm³/mol. The number of anilines is 1. The average Bonchev–Trinajstić information content (AvgIpc) is 2.68. The van der Waals surface area contributed by atoms with Crippen molar-refractivity contribution in [2.75, 3.05) is 11.9 Å². The van der Waals surface area contributed by atoms with Gasteiger partial charge in [0.1, 0.15) is 17.3 Å². The lowest BCUT2D eigenvalue weighted by molar-refractivity contribution is -0.139. The lowest BCUT2D eigenvalue weighted by Gasteiger charge is -2.21. The SMILES string of the molecule is CC(C)(C)OC(=O)Nc1cc(C(F)(F)F)c2nc1C(=O)NNC(=O)C(O)CCCCCCO2.